The Bertz CT molecular complexity index is 640. The maximum absolute atomic E-state index is 13.6. The normalized spacial score (nSPS) is 10.3. The summed E-state index contributed by atoms with van der Waals surface area (Å²) in [6, 6.07) is 10.0. The fourth-order valence-corrected chi connectivity index (χ4v) is 2.09. The number of rotatable bonds is 2. The Morgan fingerprint density at radius 3 is 2.63 bits per heavy atom. The Labute approximate surface area is 119 Å². The van der Waals surface area contributed by atoms with E-state index in [2.05, 4.69) is 21.2 Å². The number of halogens is 2. The Hall–Kier alpha value is -1.68. The molecule has 0 saturated carbocycles. The van der Waals surface area contributed by atoms with Crippen molar-refractivity contribution in [3.8, 4) is 0 Å². The highest BCUT2D eigenvalue weighted by Gasteiger charge is 2.13. The van der Waals surface area contributed by atoms with E-state index in [1.165, 1.54) is 12.1 Å². The Balaban J connectivity index is 2.30. The molecule has 1 amide bonds. The van der Waals surface area contributed by atoms with Gasteiger partial charge in [0, 0.05) is 10.2 Å². The Morgan fingerprint density at radius 2 is 1.89 bits per heavy atom. The second-order valence-corrected chi connectivity index (χ2v) is 5.31. The first-order valence-electron chi connectivity index (χ1n) is 5.81. The van der Waals surface area contributed by atoms with Crippen LogP contribution in [0, 0.1) is 19.7 Å². The van der Waals surface area contributed by atoms with Gasteiger partial charge in [0.15, 0.2) is 0 Å². The van der Waals surface area contributed by atoms with Crippen molar-refractivity contribution in [1.29, 1.82) is 0 Å². The van der Waals surface area contributed by atoms with Gasteiger partial charge in [-0.3, -0.25) is 4.79 Å². The van der Waals surface area contributed by atoms with Gasteiger partial charge in [-0.2, -0.15) is 0 Å². The zero-order valence-corrected chi connectivity index (χ0v) is 12.2. The highest BCUT2D eigenvalue weighted by Crippen LogP contribution is 2.20. The van der Waals surface area contributed by atoms with Crippen LogP contribution in [-0.4, -0.2) is 5.91 Å². The molecule has 0 unspecified atom stereocenters. The zero-order valence-electron chi connectivity index (χ0n) is 10.6. The third kappa shape index (κ3) is 3.20. The molecule has 2 nitrogen and oxygen atoms in total. The minimum Gasteiger partial charge on any atom is -0.322 e. The summed E-state index contributed by atoms with van der Waals surface area (Å²) in [5.74, 6) is -0.987. The van der Waals surface area contributed by atoms with Crippen molar-refractivity contribution in [2.24, 2.45) is 0 Å². The highest BCUT2D eigenvalue weighted by molar-refractivity contribution is 9.10. The molecule has 4 heteroatoms. The number of hydrogen-bond acceptors (Lipinski definition) is 1. The van der Waals surface area contributed by atoms with Crippen LogP contribution in [0.4, 0.5) is 10.1 Å². The Kier molecular flexibility index (Phi) is 4.00. The minimum absolute atomic E-state index is 0.0234. The van der Waals surface area contributed by atoms with Gasteiger partial charge >= 0.3 is 0 Å². The molecule has 2 aromatic carbocycles. The van der Waals surface area contributed by atoms with E-state index in [9.17, 15) is 9.18 Å². The van der Waals surface area contributed by atoms with E-state index in [0.29, 0.717) is 10.2 Å². The predicted octanol–water partition coefficient (Wildman–Crippen LogP) is 4.46. The third-order valence-electron chi connectivity index (χ3n) is 2.81. The number of amides is 1. The molecule has 0 aliphatic rings. The lowest BCUT2D eigenvalue weighted by Crippen LogP contribution is -2.14. The van der Waals surface area contributed by atoms with Crippen molar-refractivity contribution in [2.75, 3.05) is 5.32 Å². The molecule has 0 atom stereocenters. The molecule has 2 rings (SSSR count). The summed E-state index contributed by atoms with van der Waals surface area (Å²) in [7, 11) is 0. The largest absolute Gasteiger partial charge is 0.322 e. The maximum Gasteiger partial charge on any atom is 0.258 e. The number of anilines is 1. The molecule has 0 aliphatic carbocycles. The predicted molar refractivity (Wildman–Crippen MR) is 78.0 cm³/mol. The molecule has 1 N–H and O–H groups in total. The molecule has 98 valence electrons. The van der Waals surface area contributed by atoms with E-state index in [4.69, 9.17) is 0 Å². The summed E-state index contributed by atoms with van der Waals surface area (Å²) < 4.78 is 14.3. The van der Waals surface area contributed by atoms with Crippen molar-refractivity contribution in [1.82, 2.24) is 0 Å². The summed E-state index contributed by atoms with van der Waals surface area (Å²) in [5, 5.41) is 2.74. The van der Waals surface area contributed by atoms with Gasteiger partial charge < -0.3 is 5.32 Å². The Morgan fingerprint density at radius 1 is 1.16 bits per heavy atom. The van der Waals surface area contributed by atoms with Gasteiger partial charge in [0.2, 0.25) is 0 Å². The van der Waals surface area contributed by atoms with E-state index in [1.54, 1.807) is 6.07 Å². The summed E-state index contributed by atoms with van der Waals surface area (Å²) in [6.07, 6.45) is 0. The zero-order chi connectivity index (χ0) is 14.0. The van der Waals surface area contributed by atoms with Crippen LogP contribution >= 0.6 is 15.9 Å². The van der Waals surface area contributed by atoms with E-state index < -0.39 is 11.7 Å². The van der Waals surface area contributed by atoms with Crippen molar-refractivity contribution >= 4 is 27.5 Å². The molecule has 0 aromatic heterocycles. The van der Waals surface area contributed by atoms with Gasteiger partial charge in [-0.1, -0.05) is 28.1 Å². The quantitative estimate of drug-likeness (QED) is 0.869. The molecule has 0 aliphatic heterocycles. The molecular weight excluding hydrogens is 309 g/mol. The monoisotopic (exact) mass is 321 g/mol. The van der Waals surface area contributed by atoms with Crippen LogP contribution in [0.5, 0.6) is 0 Å². The molecule has 0 spiro atoms. The molecule has 19 heavy (non-hydrogen) atoms. The average molecular weight is 322 g/mol. The highest BCUT2D eigenvalue weighted by atomic mass is 79.9. The lowest BCUT2D eigenvalue weighted by Gasteiger charge is -2.10. The van der Waals surface area contributed by atoms with Crippen molar-refractivity contribution in [3.05, 3.63) is 63.4 Å². The summed E-state index contributed by atoms with van der Waals surface area (Å²) >= 11 is 3.23. The molecule has 0 heterocycles. The van der Waals surface area contributed by atoms with Gasteiger partial charge in [-0.05, 0) is 49.2 Å². The molecule has 2 aromatic rings. The van der Waals surface area contributed by atoms with Crippen LogP contribution in [0.15, 0.2) is 40.9 Å². The maximum atomic E-state index is 13.6. The number of aryl methyl sites for hydroxylation is 2. The third-order valence-corrected chi connectivity index (χ3v) is 3.31. The topological polar surface area (TPSA) is 29.1 Å². The van der Waals surface area contributed by atoms with Gasteiger partial charge in [0.05, 0.1) is 5.56 Å². The molecule has 0 radical (unpaired) electrons. The molecule has 0 saturated heterocycles. The van der Waals surface area contributed by atoms with E-state index >= 15 is 0 Å². The van der Waals surface area contributed by atoms with Gasteiger partial charge in [-0.25, -0.2) is 4.39 Å². The molecule has 0 bridgehead atoms. The van der Waals surface area contributed by atoms with Crippen LogP contribution in [-0.2, 0) is 0 Å². The van der Waals surface area contributed by atoms with Crippen LogP contribution in [0.2, 0.25) is 0 Å². The standard InChI is InChI=1S/C15H13BrFNO/c1-9-3-4-10(2)14(7-9)18-15(19)12-8-11(16)5-6-13(12)17/h3-8H,1-2H3,(H,18,19). The summed E-state index contributed by atoms with van der Waals surface area (Å²) in [5.41, 5.74) is 2.70. The minimum atomic E-state index is -0.536. The van der Waals surface area contributed by atoms with Gasteiger partial charge in [-0.15, -0.1) is 0 Å². The second-order valence-electron chi connectivity index (χ2n) is 4.40. The number of benzene rings is 2. The SMILES string of the molecule is Cc1ccc(C)c(NC(=O)c2cc(Br)ccc2F)c1. The van der Waals surface area contributed by atoms with Crippen molar-refractivity contribution in [3.63, 3.8) is 0 Å². The number of carbonyl (C=O) groups excluding carboxylic acids is 1. The van der Waals surface area contributed by atoms with Crippen molar-refractivity contribution < 1.29 is 9.18 Å². The van der Waals surface area contributed by atoms with Crippen LogP contribution < -0.4 is 5.32 Å². The number of hydrogen-bond donors (Lipinski definition) is 1. The smallest absolute Gasteiger partial charge is 0.258 e. The number of nitrogens with one attached hydrogen (secondary N) is 1. The lowest BCUT2D eigenvalue weighted by molar-refractivity contribution is 0.102. The fourth-order valence-electron chi connectivity index (χ4n) is 1.73. The first-order chi connectivity index (χ1) is 8.97. The van der Waals surface area contributed by atoms with E-state index in [0.717, 1.165) is 11.1 Å². The van der Waals surface area contributed by atoms with Crippen molar-refractivity contribution in [2.45, 2.75) is 13.8 Å². The molecular formula is C15H13BrFNO. The summed E-state index contributed by atoms with van der Waals surface area (Å²) in [6.45, 7) is 3.83. The molecule has 0 fully saturated rings. The van der Waals surface area contributed by atoms with Crippen LogP contribution in [0.1, 0.15) is 21.5 Å². The van der Waals surface area contributed by atoms with Crippen LogP contribution in [0.25, 0.3) is 0 Å². The van der Waals surface area contributed by atoms with Crippen LogP contribution in [0.3, 0.4) is 0 Å². The second kappa shape index (κ2) is 5.53. The van der Waals surface area contributed by atoms with E-state index in [-0.39, 0.29) is 5.56 Å². The lowest BCUT2D eigenvalue weighted by atomic mass is 10.1. The average Bonchev–Trinajstić information content (AvgIpc) is 2.36. The summed E-state index contributed by atoms with van der Waals surface area (Å²) in [4.78, 5) is 12.1. The number of carbonyl (C=O) groups is 1. The first kappa shape index (κ1) is 13.7. The van der Waals surface area contributed by atoms with E-state index in [1.807, 2.05) is 32.0 Å². The first-order valence-corrected chi connectivity index (χ1v) is 6.60. The fraction of sp³-hybridized carbons (Fsp3) is 0.133. The van der Waals surface area contributed by atoms with Gasteiger partial charge in [0.25, 0.3) is 5.91 Å². The van der Waals surface area contributed by atoms with Gasteiger partial charge in [0.1, 0.15) is 5.82 Å².